The van der Waals surface area contributed by atoms with Crippen LogP contribution in [0.1, 0.15) is 17.2 Å². The average molecular weight is 315 g/mol. The maximum atomic E-state index is 13.8. The summed E-state index contributed by atoms with van der Waals surface area (Å²) in [5.74, 6) is 5.28. The van der Waals surface area contributed by atoms with Crippen molar-refractivity contribution in [2.24, 2.45) is 5.84 Å². The molecule has 6 heteroatoms. The Labute approximate surface area is 126 Å². The smallest absolute Gasteiger partial charge is 0.165 e. The monoisotopic (exact) mass is 314 g/mol. The first-order chi connectivity index (χ1) is 9.56. The third kappa shape index (κ3) is 3.04. The molecule has 0 aliphatic heterocycles. The summed E-state index contributed by atoms with van der Waals surface area (Å²) in [6, 6.07) is 9.23. The standard InChI is InChI=1S/C14H13Cl2FN2O/c1-20-13-5-2-8(6-12(13)17)14(19-18)10-4-3-9(15)7-11(10)16/h2-7,14,19H,18H2,1H3. The van der Waals surface area contributed by atoms with Crippen molar-refractivity contribution >= 4 is 23.2 Å². The minimum Gasteiger partial charge on any atom is -0.494 e. The summed E-state index contributed by atoms with van der Waals surface area (Å²) in [4.78, 5) is 0. The van der Waals surface area contributed by atoms with Crippen LogP contribution >= 0.6 is 23.2 Å². The van der Waals surface area contributed by atoms with Gasteiger partial charge in [-0.3, -0.25) is 5.84 Å². The van der Waals surface area contributed by atoms with Crippen molar-refractivity contribution in [1.82, 2.24) is 5.43 Å². The van der Waals surface area contributed by atoms with E-state index < -0.39 is 11.9 Å². The number of methoxy groups -OCH3 is 1. The Morgan fingerprint density at radius 1 is 1.20 bits per heavy atom. The molecule has 1 unspecified atom stereocenters. The van der Waals surface area contributed by atoms with Gasteiger partial charge in [-0.1, -0.05) is 35.3 Å². The van der Waals surface area contributed by atoms with E-state index in [9.17, 15) is 4.39 Å². The molecule has 2 rings (SSSR count). The molecule has 2 aromatic carbocycles. The van der Waals surface area contributed by atoms with Gasteiger partial charge < -0.3 is 4.74 Å². The van der Waals surface area contributed by atoms with Crippen molar-refractivity contribution in [3.8, 4) is 5.75 Å². The molecular formula is C14H13Cl2FN2O. The minimum atomic E-state index is -0.463. The molecule has 20 heavy (non-hydrogen) atoms. The predicted octanol–water partition coefficient (Wildman–Crippen LogP) is 3.69. The fourth-order valence-electron chi connectivity index (χ4n) is 1.96. The molecular weight excluding hydrogens is 302 g/mol. The Hall–Kier alpha value is -1.33. The molecule has 0 aliphatic rings. The number of hydrazine groups is 1. The van der Waals surface area contributed by atoms with Gasteiger partial charge in [-0.15, -0.1) is 0 Å². The second-order valence-corrected chi connectivity index (χ2v) is 5.00. The van der Waals surface area contributed by atoms with Gasteiger partial charge in [0.2, 0.25) is 0 Å². The van der Waals surface area contributed by atoms with Gasteiger partial charge in [-0.25, -0.2) is 9.82 Å². The van der Waals surface area contributed by atoms with E-state index in [4.69, 9.17) is 33.8 Å². The average Bonchev–Trinajstić information content (AvgIpc) is 2.42. The van der Waals surface area contributed by atoms with Gasteiger partial charge in [-0.2, -0.15) is 0 Å². The van der Waals surface area contributed by atoms with E-state index in [0.29, 0.717) is 21.2 Å². The highest BCUT2D eigenvalue weighted by molar-refractivity contribution is 6.35. The van der Waals surface area contributed by atoms with Gasteiger partial charge in [0, 0.05) is 10.0 Å². The summed E-state index contributed by atoms with van der Waals surface area (Å²) < 4.78 is 18.7. The lowest BCUT2D eigenvalue weighted by Gasteiger charge is -2.19. The fraction of sp³-hybridized carbons (Fsp3) is 0.143. The van der Waals surface area contributed by atoms with Crippen LogP contribution in [-0.2, 0) is 0 Å². The lowest BCUT2D eigenvalue weighted by Crippen LogP contribution is -2.29. The molecule has 0 spiro atoms. The molecule has 0 fully saturated rings. The summed E-state index contributed by atoms with van der Waals surface area (Å²) >= 11 is 12.0. The first kappa shape index (κ1) is 15.1. The van der Waals surface area contributed by atoms with Crippen LogP contribution in [0.3, 0.4) is 0 Å². The molecule has 0 bridgehead atoms. The largest absolute Gasteiger partial charge is 0.494 e. The number of halogens is 3. The van der Waals surface area contributed by atoms with E-state index in [0.717, 1.165) is 0 Å². The SMILES string of the molecule is COc1ccc(C(NN)c2ccc(Cl)cc2Cl)cc1F. The topological polar surface area (TPSA) is 47.3 Å². The Bertz CT molecular complexity index is 622. The quantitative estimate of drug-likeness (QED) is 0.668. The number of nitrogens with one attached hydrogen (secondary N) is 1. The lowest BCUT2D eigenvalue weighted by molar-refractivity contribution is 0.385. The van der Waals surface area contributed by atoms with Gasteiger partial charge in [0.1, 0.15) is 0 Å². The molecule has 106 valence electrons. The number of ether oxygens (including phenoxy) is 1. The molecule has 3 nitrogen and oxygen atoms in total. The van der Waals surface area contributed by atoms with E-state index >= 15 is 0 Å². The Morgan fingerprint density at radius 3 is 2.50 bits per heavy atom. The molecule has 1 atom stereocenters. The molecule has 0 saturated heterocycles. The zero-order valence-corrected chi connectivity index (χ0v) is 12.2. The predicted molar refractivity (Wildman–Crippen MR) is 78.6 cm³/mol. The zero-order valence-electron chi connectivity index (χ0n) is 10.7. The van der Waals surface area contributed by atoms with E-state index in [2.05, 4.69) is 5.43 Å². The van der Waals surface area contributed by atoms with E-state index in [-0.39, 0.29) is 5.75 Å². The number of benzene rings is 2. The summed E-state index contributed by atoms with van der Waals surface area (Å²) in [6.07, 6.45) is 0. The Balaban J connectivity index is 2.44. The maximum absolute atomic E-state index is 13.8. The van der Waals surface area contributed by atoms with Crippen molar-refractivity contribution in [3.63, 3.8) is 0 Å². The summed E-state index contributed by atoms with van der Waals surface area (Å²) in [6.45, 7) is 0. The minimum absolute atomic E-state index is 0.173. The number of nitrogens with two attached hydrogens (primary N) is 1. The molecule has 0 heterocycles. The van der Waals surface area contributed by atoms with Gasteiger partial charge in [0.15, 0.2) is 11.6 Å². The van der Waals surface area contributed by atoms with Crippen molar-refractivity contribution in [2.45, 2.75) is 6.04 Å². The first-order valence-corrected chi connectivity index (χ1v) is 6.57. The van der Waals surface area contributed by atoms with Crippen LogP contribution in [0.5, 0.6) is 5.75 Å². The van der Waals surface area contributed by atoms with Crippen LogP contribution in [0.25, 0.3) is 0 Å². The van der Waals surface area contributed by atoms with Crippen LogP contribution in [-0.4, -0.2) is 7.11 Å². The van der Waals surface area contributed by atoms with Gasteiger partial charge in [0.25, 0.3) is 0 Å². The zero-order chi connectivity index (χ0) is 14.7. The van der Waals surface area contributed by atoms with E-state index in [1.807, 2.05) is 0 Å². The van der Waals surface area contributed by atoms with Crippen LogP contribution in [0.15, 0.2) is 36.4 Å². The molecule has 0 saturated carbocycles. The molecule has 0 aliphatic carbocycles. The van der Waals surface area contributed by atoms with Gasteiger partial charge >= 0.3 is 0 Å². The van der Waals surface area contributed by atoms with E-state index in [1.54, 1.807) is 30.3 Å². The van der Waals surface area contributed by atoms with Gasteiger partial charge in [-0.05, 0) is 35.4 Å². The van der Waals surface area contributed by atoms with Crippen molar-refractivity contribution < 1.29 is 9.13 Å². The number of hydrogen-bond donors (Lipinski definition) is 2. The second kappa shape index (κ2) is 6.41. The first-order valence-electron chi connectivity index (χ1n) is 5.81. The second-order valence-electron chi connectivity index (χ2n) is 4.16. The molecule has 2 aromatic rings. The highest BCUT2D eigenvalue weighted by Gasteiger charge is 2.17. The molecule has 0 radical (unpaired) electrons. The molecule has 3 N–H and O–H groups in total. The van der Waals surface area contributed by atoms with Crippen molar-refractivity contribution in [3.05, 3.63) is 63.4 Å². The molecule has 0 aromatic heterocycles. The molecule has 0 amide bonds. The third-order valence-electron chi connectivity index (χ3n) is 2.95. The van der Waals surface area contributed by atoms with Crippen LogP contribution in [0, 0.1) is 5.82 Å². The van der Waals surface area contributed by atoms with Crippen LogP contribution in [0.2, 0.25) is 10.0 Å². The normalized spacial score (nSPS) is 12.2. The van der Waals surface area contributed by atoms with Gasteiger partial charge in [0.05, 0.1) is 13.2 Å². The number of hydrogen-bond acceptors (Lipinski definition) is 3. The summed E-state index contributed by atoms with van der Waals surface area (Å²) in [5, 5.41) is 0.979. The summed E-state index contributed by atoms with van der Waals surface area (Å²) in [5.41, 5.74) is 3.97. The Morgan fingerprint density at radius 2 is 1.95 bits per heavy atom. The third-order valence-corrected chi connectivity index (χ3v) is 3.51. The number of rotatable bonds is 4. The summed E-state index contributed by atoms with van der Waals surface area (Å²) in [7, 11) is 1.41. The van der Waals surface area contributed by atoms with Crippen LogP contribution in [0.4, 0.5) is 4.39 Å². The van der Waals surface area contributed by atoms with Crippen LogP contribution < -0.4 is 16.0 Å². The van der Waals surface area contributed by atoms with E-state index in [1.165, 1.54) is 13.2 Å². The van der Waals surface area contributed by atoms with Crippen molar-refractivity contribution in [2.75, 3.05) is 7.11 Å². The maximum Gasteiger partial charge on any atom is 0.165 e. The lowest BCUT2D eigenvalue weighted by atomic mass is 9.99. The Kier molecular flexibility index (Phi) is 4.83. The van der Waals surface area contributed by atoms with Crippen molar-refractivity contribution in [1.29, 1.82) is 0 Å². The highest BCUT2D eigenvalue weighted by Crippen LogP contribution is 2.31. The highest BCUT2D eigenvalue weighted by atomic mass is 35.5. The fourth-order valence-corrected chi connectivity index (χ4v) is 2.48.